The highest BCUT2D eigenvalue weighted by Crippen LogP contribution is 2.31. The summed E-state index contributed by atoms with van der Waals surface area (Å²) in [5.41, 5.74) is 4.26. The Labute approximate surface area is 163 Å². The maximum absolute atomic E-state index is 12.4. The number of hydrogen-bond acceptors (Lipinski definition) is 5. The Balaban J connectivity index is 0.00000210. The zero-order valence-corrected chi connectivity index (χ0v) is 15.5. The molecule has 1 heterocycles. The third kappa shape index (κ3) is 4.37. The van der Waals surface area contributed by atoms with Crippen LogP contribution in [0.25, 0.3) is 0 Å². The first kappa shape index (κ1) is 19.1. The number of fused-ring (bicyclic) bond motifs is 1. The zero-order chi connectivity index (χ0) is 18.1. The van der Waals surface area contributed by atoms with E-state index >= 15 is 0 Å². The van der Waals surface area contributed by atoms with Gasteiger partial charge in [0.05, 0.1) is 4.92 Å². The predicted octanol–water partition coefficient (Wildman–Crippen LogP) is 3.12. The zero-order valence-electron chi connectivity index (χ0n) is 14.7. The van der Waals surface area contributed by atoms with E-state index in [4.69, 9.17) is 0 Å². The molecule has 0 aromatic heterocycles. The highest BCUT2D eigenvalue weighted by atomic mass is 35.5. The van der Waals surface area contributed by atoms with Crippen molar-refractivity contribution < 1.29 is 9.72 Å². The first-order valence-electron chi connectivity index (χ1n) is 8.75. The van der Waals surface area contributed by atoms with Crippen LogP contribution in [0, 0.1) is 10.1 Å². The van der Waals surface area contributed by atoms with Crippen LogP contribution in [-0.4, -0.2) is 16.9 Å². The van der Waals surface area contributed by atoms with Crippen LogP contribution in [0.3, 0.4) is 0 Å². The molecule has 1 fully saturated rings. The van der Waals surface area contributed by atoms with Crippen molar-refractivity contribution in [3.05, 3.63) is 68.8 Å². The normalized spacial score (nSPS) is 14.8. The molecule has 4 rings (SSSR count). The van der Waals surface area contributed by atoms with Crippen LogP contribution in [-0.2, 0) is 19.6 Å². The topological polar surface area (TPSA) is 96.3 Å². The van der Waals surface area contributed by atoms with Crippen LogP contribution in [0.15, 0.2) is 36.4 Å². The van der Waals surface area contributed by atoms with E-state index in [9.17, 15) is 14.9 Å². The number of carbonyl (C=O) groups excluding carboxylic acids is 1. The summed E-state index contributed by atoms with van der Waals surface area (Å²) in [5.74, 6) is -0.315. The summed E-state index contributed by atoms with van der Waals surface area (Å²) in [6, 6.07) is 11.0. The molecular formula is C19H21ClN4O3. The lowest BCUT2D eigenvalue weighted by molar-refractivity contribution is -0.384. The molecule has 8 heteroatoms. The van der Waals surface area contributed by atoms with Gasteiger partial charge in [0.1, 0.15) is 5.69 Å². The second kappa shape index (κ2) is 7.94. The van der Waals surface area contributed by atoms with E-state index in [0.29, 0.717) is 23.8 Å². The Bertz CT molecular complexity index is 883. The summed E-state index contributed by atoms with van der Waals surface area (Å²) >= 11 is 0. The van der Waals surface area contributed by atoms with Gasteiger partial charge in [-0.3, -0.25) is 14.9 Å². The maximum Gasteiger partial charge on any atom is 0.293 e. The Kier molecular flexibility index (Phi) is 5.62. The smallest absolute Gasteiger partial charge is 0.293 e. The number of hydrogen-bond donors (Lipinski definition) is 3. The van der Waals surface area contributed by atoms with Gasteiger partial charge in [-0.05, 0) is 41.7 Å². The van der Waals surface area contributed by atoms with Crippen molar-refractivity contribution in [3.8, 4) is 0 Å². The maximum atomic E-state index is 12.4. The molecule has 2 aromatic carbocycles. The summed E-state index contributed by atoms with van der Waals surface area (Å²) in [4.78, 5) is 23.3. The van der Waals surface area contributed by atoms with Crippen LogP contribution in [0.4, 0.5) is 11.4 Å². The molecule has 2 aliphatic rings. The van der Waals surface area contributed by atoms with E-state index in [0.717, 1.165) is 31.5 Å². The number of nitrogens with zero attached hydrogens (tertiary/aromatic N) is 1. The third-order valence-electron chi connectivity index (χ3n) is 4.75. The fraction of sp³-hybridized carbons (Fsp3) is 0.316. The van der Waals surface area contributed by atoms with Gasteiger partial charge in [-0.15, -0.1) is 12.4 Å². The molecule has 7 nitrogen and oxygen atoms in total. The summed E-state index contributed by atoms with van der Waals surface area (Å²) in [6.07, 6.45) is 2.05. The second-order valence-corrected chi connectivity index (χ2v) is 6.80. The van der Waals surface area contributed by atoms with E-state index in [2.05, 4.69) is 28.1 Å². The summed E-state index contributed by atoms with van der Waals surface area (Å²) in [6.45, 7) is 2.12. The van der Waals surface area contributed by atoms with Gasteiger partial charge in [0.25, 0.3) is 11.6 Å². The Morgan fingerprint density at radius 2 is 1.93 bits per heavy atom. The second-order valence-electron chi connectivity index (χ2n) is 6.80. The molecule has 0 radical (unpaired) electrons. The summed E-state index contributed by atoms with van der Waals surface area (Å²) in [7, 11) is 0. The van der Waals surface area contributed by atoms with Crippen molar-refractivity contribution in [2.45, 2.75) is 38.5 Å². The summed E-state index contributed by atoms with van der Waals surface area (Å²) in [5, 5.41) is 20.6. The van der Waals surface area contributed by atoms with Crippen LogP contribution in [0.2, 0.25) is 0 Å². The number of nitro groups is 1. The number of nitro benzene ring substituents is 1. The van der Waals surface area contributed by atoms with Gasteiger partial charge >= 0.3 is 0 Å². The molecule has 1 aliphatic heterocycles. The van der Waals surface area contributed by atoms with Gasteiger partial charge in [-0.1, -0.05) is 18.2 Å². The summed E-state index contributed by atoms with van der Waals surface area (Å²) < 4.78 is 0. The molecule has 27 heavy (non-hydrogen) atoms. The van der Waals surface area contributed by atoms with Crippen molar-refractivity contribution in [1.29, 1.82) is 0 Å². The van der Waals surface area contributed by atoms with E-state index in [-0.39, 0.29) is 24.0 Å². The molecule has 2 aromatic rings. The molecular weight excluding hydrogens is 368 g/mol. The standard InChI is InChI=1S/C19H20N4O3.ClH/c24-19(21-9-12-1-2-14-10-20-11-15(14)7-12)13-3-6-17(22-16-4-5-16)18(8-13)23(25)26;/h1-3,6-8,16,20,22H,4-5,9-11H2,(H,21,24);1H. The van der Waals surface area contributed by atoms with Crippen molar-refractivity contribution >= 4 is 29.7 Å². The molecule has 0 bridgehead atoms. The minimum absolute atomic E-state index is 0. The first-order valence-corrected chi connectivity index (χ1v) is 8.75. The van der Waals surface area contributed by atoms with E-state index in [1.54, 1.807) is 12.1 Å². The number of amides is 1. The average Bonchev–Trinajstić information content (AvgIpc) is 3.33. The quantitative estimate of drug-likeness (QED) is 0.522. The SMILES string of the molecule is Cl.O=C(NCc1ccc2c(c1)CNC2)c1ccc(NC2CC2)c([N+](=O)[O-])c1. The molecule has 0 spiro atoms. The molecule has 0 saturated heterocycles. The average molecular weight is 389 g/mol. The van der Waals surface area contributed by atoms with Crippen LogP contribution < -0.4 is 16.0 Å². The predicted molar refractivity (Wildman–Crippen MR) is 105 cm³/mol. The van der Waals surface area contributed by atoms with Crippen molar-refractivity contribution in [3.63, 3.8) is 0 Å². The minimum Gasteiger partial charge on any atom is -0.377 e. The fourth-order valence-electron chi connectivity index (χ4n) is 3.14. The highest BCUT2D eigenvalue weighted by Gasteiger charge is 2.25. The molecule has 1 aliphatic carbocycles. The monoisotopic (exact) mass is 388 g/mol. The van der Waals surface area contributed by atoms with Crippen LogP contribution >= 0.6 is 12.4 Å². The number of rotatable bonds is 6. The Hall–Kier alpha value is -2.64. The largest absolute Gasteiger partial charge is 0.377 e. The number of benzene rings is 2. The highest BCUT2D eigenvalue weighted by molar-refractivity contribution is 5.95. The lowest BCUT2D eigenvalue weighted by Gasteiger charge is -2.09. The Morgan fingerprint density at radius 1 is 1.15 bits per heavy atom. The van der Waals surface area contributed by atoms with Gasteiger partial charge in [0.15, 0.2) is 0 Å². The fourth-order valence-corrected chi connectivity index (χ4v) is 3.14. The molecule has 142 valence electrons. The number of carbonyl (C=O) groups is 1. The van der Waals surface area contributed by atoms with Crippen molar-refractivity contribution in [2.24, 2.45) is 0 Å². The lowest BCUT2D eigenvalue weighted by Crippen LogP contribution is -2.23. The number of halogens is 1. The van der Waals surface area contributed by atoms with Crippen LogP contribution in [0.5, 0.6) is 0 Å². The van der Waals surface area contributed by atoms with Gasteiger partial charge in [-0.2, -0.15) is 0 Å². The van der Waals surface area contributed by atoms with E-state index < -0.39 is 4.92 Å². The van der Waals surface area contributed by atoms with Gasteiger partial charge in [0, 0.05) is 37.3 Å². The van der Waals surface area contributed by atoms with E-state index in [1.165, 1.54) is 17.2 Å². The minimum atomic E-state index is -0.449. The molecule has 3 N–H and O–H groups in total. The molecule has 1 amide bonds. The molecule has 0 atom stereocenters. The van der Waals surface area contributed by atoms with Crippen molar-refractivity contribution in [2.75, 3.05) is 5.32 Å². The molecule has 0 unspecified atom stereocenters. The Morgan fingerprint density at radius 3 is 2.67 bits per heavy atom. The third-order valence-corrected chi connectivity index (χ3v) is 4.75. The lowest BCUT2D eigenvalue weighted by atomic mass is 10.1. The van der Waals surface area contributed by atoms with Gasteiger partial charge < -0.3 is 16.0 Å². The van der Waals surface area contributed by atoms with Crippen LogP contribution in [0.1, 0.15) is 39.9 Å². The number of anilines is 1. The molecule has 1 saturated carbocycles. The first-order chi connectivity index (χ1) is 12.6. The van der Waals surface area contributed by atoms with Crippen molar-refractivity contribution in [1.82, 2.24) is 10.6 Å². The van der Waals surface area contributed by atoms with Gasteiger partial charge in [-0.25, -0.2) is 0 Å². The van der Waals surface area contributed by atoms with E-state index in [1.807, 2.05) is 6.07 Å². The van der Waals surface area contributed by atoms with Gasteiger partial charge in [0.2, 0.25) is 0 Å². The number of nitrogens with one attached hydrogen (secondary N) is 3.